The molecule has 1 saturated heterocycles. The van der Waals surface area contributed by atoms with Crippen LogP contribution in [0, 0.1) is 0 Å². The summed E-state index contributed by atoms with van der Waals surface area (Å²) in [7, 11) is 0. The molecule has 0 saturated carbocycles. The number of likely N-dealkylation sites (tertiary alicyclic amines) is 1. The Labute approximate surface area is 156 Å². The zero-order valence-electron chi connectivity index (χ0n) is 14.1. The van der Waals surface area contributed by atoms with E-state index in [0.29, 0.717) is 17.1 Å². The Kier molecular flexibility index (Phi) is 4.67. The van der Waals surface area contributed by atoms with Gasteiger partial charge >= 0.3 is 0 Å². The third-order valence-corrected chi connectivity index (χ3v) is 5.01. The molecule has 3 heterocycles. The summed E-state index contributed by atoms with van der Waals surface area (Å²) in [5.41, 5.74) is 2.30. The lowest BCUT2D eigenvalue weighted by Crippen LogP contribution is -2.39. The normalized spacial score (nSPS) is 17.3. The maximum atomic E-state index is 13.1. The Morgan fingerprint density at radius 2 is 2.15 bits per heavy atom. The molecule has 132 valence electrons. The number of rotatable bonds is 3. The van der Waals surface area contributed by atoms with E-state index in [9.17, 15) is 4.79 Å². The number of benzene rings is 1. The molecule has 4 rings (SSSR count). The van der Waals surface area contributed by atoms with Gasteiger partial charge in [-0.3, -0.25) is 4.79 Å². The van der Waals surface area contributed by atoms with Crippen molar-refractivity contribution < 1.29 is 4.79 Å². The van der Waals surface area contributed by atoms with Crippen LogP contribution in [0.4, 0.5) is 0 Å². The monoisotopic (exact) mass is 367 g/mol. The average Bonchev–Trinajstić information content (AvgIpc) is 3.23. The van der Waals surface area contributed by atoms with Crippen LogP contribution in [0.15, 0.2) is 55.2 Å². The Morgan fingerprint density at radius 1 is 1.23 bits per heavy atom. The SMILES string of the molecule is O=C(c1cc(-n2cccn2)ccc1Cl)N1CCCC(c2ccncn2)C1. The molecule has 0 spiro atoms. The zero-order chi connectivity index (χ0) is 17.9. The molecule has 0 bridgehead atoms. The molecule has 1 fully saturated rings. The molecule has 6 nitrogen and oxygen atoms in total. The Balaban J connectivity index is 1.58. The molecule has 3 aromatic rings. The number of hydrogen-bond acceptors (Lipinski definition) is 4. The number of hydrogen-bond donors (Lipinski definition) is 0. The number of piperidine rings is 1. The van der Waals surface area contributed by atoms with Crippen LogP contribution in [0.1, 0.15) is 34.8 Å². The van der Waals surface area contributed by atoms with Gasteiger partial charge < -0.3 is 4.90 Å². The van der Waals surface area contributed by atoms with Crippen LogP contribution in [0.25, 0.3) is 5.69 Å². The molecule has 1 unspecified atom stereocenters. The van der Waals surface area contributed by atoms with Gasteiger partial charge in [-0.05, 0) is 43.2 Å². The predicted molar refractivity (Wildman–Crippen MR) is 98.5 cm³/mol. The van der Waals surface area contributed by atoms with Gasteiger partial charge in [-0.1, -0.05) is 11.6 Å². The van der Waals surface area contributed by atoms with Crippen LogP contribution in [0.3, 0.4) is 0 Å². The van der Waals surface area contributed by atoms with Gasteiger partial charge in [-0.2, -0.15) is 5.10 Å². The van der Waals surface area contributed by atoms with E-state index in [2.05, 4.69) is 15.1 Å². The molecule has 7 heteroatoms. The first-order valence-electron chi connectivity index (χ1n) is 8.57. The van der Waals surface area contributed by atoms with Crippen molar-refractivity contribution >= 4 is 17.5 Å². The third kappa shape index (κ3) is 3.32. The second kappa shape index (κ2) is 7.25. The molecule has 1 amide bonds. The third-order valence-electron chi connectivity index (χ3n) is 4.68. The smallest absolute Gasteiger partial charge is 0.255 e. The van der Waals surface area contributed by atoms with Crippen molar-refractivity contribution in [1.29, 1.82) is 0 Å². The number of carbonyl (C=O) groups excluding carboxylic acids is 1. The maximum Gasteiger partial charge on any atom is 0.255 e. The quantitative estimate of drug-likeness (QED) is 0.712. The lowest BCUT2D eigenvalue weighted by molar-refractivity contribution is 0.0706. The van der Waals surface area contributed by atoms with E-state index in [4.69, 9.17) is 11.6 Å². The second-order valence-corrected chi connectivity index (χ2v) is 6.75. The highest BCUT2D eigenvalue weighted by Crippen LogP contribution is 2.28. The first-order chi connectivity index (χ1) is 12.7. The van der Waals surface area contributed by atoms with Crippen molar-refractivity contribution in [1.82, 2.24) is 24.6 Å². The number of carbonyl (C=O) groups is 1. The molecule has 0 aliphatic carbocycles. The molecule has 1 atom stereocenters. The number of aromatic nitrogens is 4. The van der Waals surface area contributed by atoms with Crippen molar-refractivity contribution in [2.75, 3.05) is 13.1 Å². The van der Waals surface area contributed by atoms with Gasteiger partial charge in [0, 0.05) is 43.3 Å². The molecular formula is C19H18ClN5O. The van der Waals surface area contributed by atoms with Crippen LogP contribution < -0.4 is 0 Å². The molecule has 1 aromatic carbocycles. The largest absolute Gasteiger partial charge is 0.338 e. The second-order valence-electron chi connectivity index (χ2n) is 6.34. The van der Waals surface area contributed by atoms with E-state index < -0.39 is 0 Å². The highest BCUT2D eigenvalue weighted by molar-refractivity contribution is 6.33. The van der Waals surface area contributed by atoms with E-state index in [1.807, 2.05) is 29.3 Å². The highest BCUT2D eigenvalue weighted by atomic mass is 35.5. The fourth-order valence-corrected chi connectivity index (χ4v) is 3.56. The summed E-state index contributed by atoms with van der Waals surface area (Å²) in [6.07, 6.45) is 8.79. The van der Waals surface area contributed by atoms with Gasteiger partial charge in [-0.15, -0.1) is 0 Å². The minimum atomic E-state index is -0.0530. The fraction of sp³-hybridized carbons (Fsp3) is 0.263. The van der Waals surface area contributed by atoms with E-state index in [0.717, 1.165) is 30.8 Å². The first kappa shape index (κ1) is 16.7. The molecule has 0 N–H and O–H groups in total. The molecule has 1 aliphatic heterocycles. The molecular weight excluding hydrogens is 350 g/mol. The van der Waals surface area contributed by atoms with Crippen molar-refractivity contribution in [3.05, 3.63) is 71.5 Å². The first-order valence-corrected chi connectivity index (χ1v) is 8.95. The summed E-state index contributed by atoms with van der Waals surface area (Å²) in [6, 6.07) is 9.16. The number of halogens is 1. The maximum absolute atomic E-state index is 13.1. The Bertz CT molecular complexity index is 898. The van der Waals surface area contributed by atoms with E-state index in [-0.39, 0.29) is 11.8 Å². The fourth-order valence-electron chi connectivity index (χ4n) is 3.36. The number of nitrogens with zero attached hydrogens (tertiary/aromatic N) is 5. The van der Waals surface area contributed by atoms with Crippen LogP contribution >= 0.6 is 11.6 Å². The summed E-state index contributed by atoms with van der Waals surface area (Å²) < 4.78 is 1.72. The molecule has 2 aromatic heterocycles. The predicted octanol–water partition coefficient (Wildman–Crippen LogP) is 3.34. The molecule has 0 radical (unpaired) electrons. The van der Waals surface area contributed by atoms with Gasteiger partial charge in [-0.25, -0.2) is 14.6 Å². The van der Waals surface area contributed by atoms with Crippen LogP contribution in [-0.4, -0.2) is 43.6 Å². The van der Waals surface area contributed by atoms with Crippen molar-refractivity contribution in [2.45, 2.75) is 18.8 Å². The zero-order valence-corrected chi connectivity index (χ0v) is 14.9. The average molecular weight is 368 g/mol. The highest BCUT2D eigenvalue weighted by Gasteiger charge is 2.27. The molecule has 1 aliphatic rings. The summed E-state index contributed by atoms with van der Waals surface area (Å²) in [5, 5.41) is 4.67. The summed E-state index contributed by atoms with van der Waals surface area (Å²) in [6.45, 7) is 1.36. The van der Waals surface area contributed by atoms with Crippen molar-refractivity contribution in [2.24, 2.45) is 0 Å². The lowest BCUT2D eigenvalue weighted by atomic mass is 9.94. The standard InChI is InChI=1S/C19H18ClN5O/c20-17-5-4-15(25-10-2-7-23-25)11-16(17)19(26)24-9-1-3-14(12-24)18-6-8-21-13-22-18/h2,4-8,10-11,13-14H,1,3,9,12H2. The minimum absolute atomic E-state index is 0.0530. The summed E-state index contributed by atoms with van der Waals surface area (Å²) in [5.74, 6) is 0.173. The minimum Gasteiger partial charge on any atom is -0.338 e. The summed E-state index contributed by atoms with van der Waals surface area (Å²) >= 11 is 6.33. The van der Waals surface area contributed by atoms with E-state index in [1.54, 1.807) is 35.5 Å². The van der Waals surface area contributed by atoms with Crippen molar-refractivity contribution in [3.8, 4) is 5.69 Å². The summed E-state index contributed by atoms with van der Waals surface area (Å²) in [4.78, 5) is 23.3. The Hall–Kier alpha value is -2.73. The van der Waals surface area contributed by atoms with Gasteiger partial charge in [0.1, 0.15) is 6.33 Å². The Morgan fingerprint density at radius 3 is 2.92 bits per heavy atom. The van der Waals surface area contributed by atoms with Crippen LogP contribution in [0.5, 0.6) is 0 Å². The van der Waals surface area contributed by atoms with Gasteiger partial charge in [0.2, 0.25) is 0 Å². The van der Waals surface area contributed by atoms with Gasteiger partial charge in [0.05, 0.1) is 16.3 Å². The van der Waals surface area contributed by atoms with Gasteiger partial charge in [0.25, 0.3) is 5.91 Å². The van der Waals surface area contributed by atoms with E-state index >= 15 is 0 Å². The van der Waals surface area contributed by atoms with Gasteiger partial charge in [0.15, 0.2) is 0 Å². The van der Waals surface area contributed by atoms with Crippen molar-refractivity contribution in [3.63, 3.8) is 0 Å². The number of amides is 1. The van der Waals surface area contributed by atoms with E-state index in [1.165, 1.54) is 0 Å². The molecule has 26 heavy (non-hydrogen) atoms. The van der Waals surface area contributed by atoms with Crippen LogP contribution in [-0.2, 0) is 0 Å². The lowest BCUT2D eigenvalue weighted by Gasteiger charge is -2.32. The topological polar surface area (TPSA) is 63.9 Å². The van der Waals surface area contributed by atoms with Crippen LogP contribution in [0.2, 0.25) is 5.02 Å².